The number of pyridine rings is 2. The molecule has 1 aliphatic heterocycles. The smallest absolute Gasteiger partial charge is 0.228 e. The second kappa shape index (κ2) is 6.93. The molecule has 7 heteroatoms. The fraction of sp³-hybridized carbons (Fsp3) is 0.0385. The minimum absolute atomic E-state index is 0.146. The van der Waals surface area contributed by atoms with Crippen molar-refractivity contribution in [2.24, 2.45) is 0 Å². The van der Waals surface area contributed by atoms with Gasteiger partial charge in [-0.2, -0.15) is 0 Å². The van der Waals surface area contributed by atoms with E-state index >= 15 is 0 Å². The van der Waals surface area contributed by atoms with Gasteiger partial charge >= 0.3 is 0 Å². The third-order valence-electron chi connectivity index (χ3n) is 6.05. The molecule has 0 fully saturated rings. The largest absolute Gasteiger partial charge is 0.438 e. The molecule has 6 aromatic rings. The number of rotatable bonds is 2. The van der Waals surface area contributed by atoms with Gasteiger partial charge in [-0.1, -0.05) is 42.5 Å². The van der Waals surface area contributed by atoms with E-state index in [0.717, 1.165) is 38.8 Å². The summed E-state index contributed by atoms with van der Waals surface area (Å²) in [5.41, 5.74) is 4.57. The summed E-state index contributed by atoms with van der Waals surface area (Å²) in [7, 11) is 0. The van der Waals surface area contributed by atoms with Crippen molar-refractivity contribution in [2.75, 3.05) is 0 Å². The highest BCUT2D eigenvalue weighted by Gasteiger charge is 2.34. The van der Waals surface area contributed by atoms with Crippen LogP contribution in [0.2, 0.25) is 0 Å². The van der Waals surface area contributed by atoms with Gasteiger partial charge in [0.15, 0.2) is 11.5 Å². The van der Waals surface area contributed by atoms with Crippen LogP contribution in [-0.2, 0) is 0 Å². The highest BCUT2D eigenvalue weighted by Crippen LogP contribution is 2.50. The molecule has 156 valence electrons. The van der Waals surface area contributed by atoms with Gasteiger partial charge in [0.2, 0.25) is 5.88 Å². The summed E-state index contributed by atoms with van der Waals surface area (Å²) in [5, 5.41) is 6.84. The minimum atomic E-state index is -0.146. The first-order chi connectivity index (χ1) is 16.4. The predicted octanol–water partition coefficient (Wildman–Crippen LogP) is 5.02. The zero-order valence-electron chi connectivity index (χ0n) is 17.3. The molecule has 4 aromatic heterocycles. The van der Waals surface area contributed by atoms with E-state index < -0.39 is 0 Å². The molecule has 0 saturated heterocycles. The normalized spacial score (nSPS) is 14.6. The average molecular weight is 428 g/mol. The molecule has 0 spiro atoms. The van der Waals surface area contributed by atoms with E-state index in [0.29, 0.717) is 17.4 Å². The van der Waals surface area contributed by atoms with Gasteiger partial charge in [0.25, 0.3) is 0 Å². The molecule has 1 atom stereocenters. The first-order valence-electron chi connectivity index (χ1n) is 10.6. The Morgan fingerprint density at radius 2 is 1.76 bits per heavy atom. The molecule has 5 heterocycles. The molecule has 0 bridgehead atoms. The van der Waals surface area contributed by atoms with Crippen LogP contribution >= 0.6 is 0 Å². The first-order valence-corrected chi connectivity index (χ1v) is 10.6. The van der Waals surface area contributed by atoms with Gasteiger partial charge in [0.1, 0.15) is 12.1 Å². The highest BCUT2D eigenvalue weighted by atomic mass is 16.5. The van der Waals surface area contributed by atoms with Crippen LogP contribution in [0.1, 0.15) is 22.6 Å². The topological polar surface area (TPSA) is 78.1 Å². The number of benzene rings is 2. The SMILES string of the molecule is c1cncc(C2c3ccc4ccccc4c3Oc3ncn4nc(-c5ccncc5)nc4c32)c1. The van der Waals surface area contributed by atoms with Gasteiger partial charge in [-0.3, -0.25) is 9.97 Å². The molecule has 7 rings (SSSR count). The van der Waals surface area contributed by atoms with Crippen molar-refractivity contribution in [3.8, 4) is 23.0 Å². The number of ether oxygens (including phenoxy) is 1. The molecule has 0 N–H and O–H groups in total. The number of aromatic nitrogens is 6. The molecule has 1 aliphatic rings. The lowest BCUT2D eigenvalue weighted by Crippen LogP contribution is -2.15. The lowest BCUT2D eigenvalue weighted by molar-refractivity contribution is 0.437. The molecule has 33 heavy (non-hydrogen) atoms. The third kappa shape index (κ3) is 2.72. The maximum atomic E-state index is 6.44. The Labute approximate surface area is 188 Å². The van der Waals surface area contributed by atoms with Crippen LogP contribution < -0.4 is 4.74 Å². The fourth-order valence-electron chi connectivity index (χ4n) is 4.56. The Morgan fingerprint density at radius 3 is 2.64 bits per heavy atom. The van der Waals surface area contributed by atoms with E-state index in [4.69, 9.17) is 9.72 Å². The summed E-state index contributed by atoms with van der Waals surface area (Å²) in [6, 6.07) is 20.3. The molecule has 0 radical (unpaired) electrons. The minimum Gasteiger partial charge on any atom is -0.438 e. The van der Waals surface area contributed by atoms with E-state index in [1.54, 1.807) is 29.4 Å². The molecule has 1 unspecified atom stereocenters. The Bertz CT molecular complexity index is 1650. The van der Waals surface area contributed by atoms with Crippen molar-refractivity contribution >= 4 is 16.4 Å². The van der Waals surface area contributed by atoms with E-state index in [9.17, 15) is 0 Å². The van der Waals surface area contributed by atoms with E-state index in [1.165, 1.54) is 0 Å². The van der Waals surface area contributed by atoms with Gasteiger partial charge in [0, 0.05) is 47.2 Å². The lowest BCUT2D eigenvalue weighted by atomic mass is 9.83. The second-order valence-corrected chi connectivity index (χ2v) is 7.93. The van der Waals surface area contributed by atoms with Crippen molar-refractivity contribution in [3.05, 3.63) is 108 Å². The van der Waals surface area contributed by atoms with Crippen LogP contribution in [0.15, 0.2) is 91.8 Å². The van der Waals surface area contributed by atoms with Crippen LogP contribution in [0, 0.1) is 0 Å². The maximum absolute atomic E-state index is 6.44. The van der Waals surface area contributed by atoms with Gasteiger partial charge in [-0.15, -0.1) is 5.10 Å². The summed E-state index contributed by atoms with van der Waals surface area (Å²) in [5.74, 6) is 1.82. The van der Waals surface area contributed by atoms with Crippen molar-refractivity contribution in [2.45, 2.75) is 5.92 Å². The standard InChI is InChI=1S/C26H16N6O/c1-2-6-19-16(4-1)7-8-20-21(18-5-3-11-28-14-18)22-25-30-24(17-9-12-27-13-10-17)31-32(25)15-29-26(22)33-23(19)20/h1-15,21H. The Kier molecular flexibility index (Phi) is 3.77. The Balaban J connectivity index is 1.53. The van der Waals surface area contributed by atoms with Gasteiger partial charge in [-0.05, 0) is 29.1 Å². The van der Waals surface area contributed by atoms with Gasteiger partial charge in [-0.25, -0.2) is 14.5 Å². The zero-order valence-corrected chi connectivity index (χ0v) is 17.3. The molecule has 0 saturated carbocycles. The van der Waals surface area contributed by atoms with Gasteiger partial charge < -0.3 is 4.74 Å². The summed E-state index contributed by atoms with van der Waals surface area (Å²) >= 11 is 0. The van der Waals surface area contributed by atoms with E-state index in [2.05, 4.69) is 50.4 Å². The molecule has 0 amide bonds. The fourth-order valence-corrected chi connectivity index (χ4v) is 4.56. The molecular formula is C26H16N6O. The van der Waals surface area contributed by atoms with Crippen LogP contribution in [0.3, 0.4) is 0 Å². The Morgan fingerprint density at radius 1 is 0.848 bits per heavy atom. The number of fused-ring (bicyclic) bond motifs is 6. The van der Waals surface area contributed by atoms with Crippen LogP contribution in [0.25, 0.3) is 27.8 Å². The number of nitrogens with zero attached hydrogens (tertiary/aromatic N) is 6. The summed E-state index contributed by atoms with van der Waals surface area (Å²) in [6.45, 7) is 0. The average Bonchev–Trinajstić information content (AvgIpc) is 3.33. The maximum Gasteiger partial charge on any atom is 0.228 e. The third-order valence-corrected chi connectivity index (χ3v) is 6.05. The van der Waals surface area contributed by atoms with E-state index in [-0.39, 0.29) is 5.92 Å². The van der Waals surface area contributed by atoms with Crippen LogP contribution in [0.5, 0.6) is 11.6 Å². The quantitative estimate of drug-likeness (QED) is 0.385. The zero-order chi connectivity index (χ0) is 21.8. The number of hydrogen-bond donors (Lipinski definition) is 0. The van der Waals surface area contributed by atoms with Crippen molar-refractivity contribution in [1.29, 1.82) is 0 Å². The summed E-state index contributed by atoms with van der Waals surface area (Å²) in [6.07, 6.45) is 8.79. The highest BCUT2D eigenvalue weighted by molar-refractivity contribution is 5.91. The predicted molar refractivity (Wildman–Crippen MR) is 123 cm³/mol. The molecule has 2 aromatic carbocycles. The van der Waals surface area contributed by atoms with Crippen LogP contribution in [-0.4, -0.2) is 29.5 Å². The van der Waals surface area contributed by atoms with Crippen LogP contribution in [0.4, 0.5) is 0 Å². The Hall–Kier alpha value is -4.65. The summed E-state index contributed by atoms with van der Waals surface area (Å²) < 4.78 is 8.16. The second-order valence-electron chi connectivity index (χ2n) is 7.93. The first kappa shape index (κ1) is 18.0. The molecule has 0 aliphatic carbocycles. The van der Waals surface area contributed by atoms with E-state index in [1.807, 2.05) is 36.5 Å². The van der Waals surface area contributed by atoms with Crippen molar-refractivity contribution in [3.63, 3.8) is 0 Å². The van der Waals surface area contributed by atoms with Crippen molar-refractivity contribution in [1.82, 2.24) is 29.5 Å². The monoisotopic (exact) mass is 428 g/mol. The molecule has 7 nitrogen and oxygen atoms in total. The number of hydrogen-bond acceptors (Lipinski definition) is 6. The summed E-state index contributed by atoms with van der Waals surface area (Å²) in [4.78, 5) is 18.0. The lowest BCUT2D eigenvalue weighted by Gasteiger charge is -2.28. The molecular weight excluding hydrogens is 412 g/mol. The van der Waals surface area contributed by atoms with Gasteiger partial charge in [0.05, 0.1) is 5.56 Å². The van der Waals surface area contributed by atoms with Crippen molar-refractivity contribution < 1.29 is 4.74 Å².